The van der Waals surface area contributed by atoms with Crippen molar-refractivity contribution in [1.82, 2.24) is 5.32 Å². The predicted molar refractivity (Wildman–Crippen MR) is 82.6 cm³/mol. The van der Waals surface area contributed by atoms with Crippen molar-refractivity contribution in [2.45, 2.75) is 12.5 Å². The first kappa shape index (κ1) is 15.9. The largest absolute Gasteiger partial charge is 0.497 e. The highest BCUT2D eigenvalue weighted by atomic mass is 79.9. The van der Waals surface area contributed by atoms with Gasteiger partial charge in [-0.1, -0.05) is 22.0 Å². The smallest absolute Gasteiger partial charge is 0.131 e. The maximum atomic E-state index is 14.2. The fourth-order valence-electron chi connectivity index (χ4n) is 2.20. The second-order valence-electron chi connectivity index (χ2n) is 4.67. The van der Waals surface area contributed by atoms with Crippen LogP contribution in [-0.2, 0) is 6.42 Å². The molecule has 2 aromatic rings. The number of likely N-dealkylation sites (N-methyl/N-ethyl adjacent to an activating group) is 1. The molecule has 0 amide bonds. The Morgan fingerprint density at radius 1 is 1.19 bits per heavy atom. The molecule has 0 fully saturated rings. The van der Waals surface area contributed by atoms with Gasteiger partial charge in [0, 0.05) is 22.1 Å². The van der Waals surface area contributed by atoms with Gasteiger partial charge in [-0.3, -0.25) is 0 Å². The number of hydrogen-bond donors (Lipinski definition) is 1. The van der Waals surface area contributed by atoms with E-state index >= 15 is 0 Å². The fourth-order valence-corrected chi connectivity index (χ4v) is 2.61. The molecule has 2 nitrogen and oxygen atoms in total. The molecule has 1 unspecified atom stereocenters. The minimum absolute atomic E-state index is 0.256. The third-order valence-corrected chi connectivity index (χ3v) is 4.14. The summed E-state index contributed by atoms with van der Waals surface area (Å²) >= 11 is 3.39. The van der Waals surface area contributed by atoms with Crippen LogP contribution in [0.1, 0.15) is 17.2 Å². The van der Waals surface area contributed by atoms with Crippen LogP contribution >= 0.6 is 15.9 Å². The van der Waals surface area contributed by atoms with Gasteiger partial charge < -0.3 is 10.1 Å². The van der Waals surface area contributed by atoms with Crippen molar-refractivity contribution in [2.24, 2.45) is 0 Å². The minimum Gasteiger partial charge on any atom is -0.497 e. The molecule has 0 heterocycles. The molecular weight excluding hydrogens is 340 g/mol. The number of benzene rings is 2. The second-order valence-corrected chi connectivity index (χ2v) is 5.52. The van der Waals surface area contributed by atoms with E-state index in [0.717, 1.165) is 10.0 Å². The third kappa shape index (κ3) is 3.80. The second kappa shape index (κ2) is 7.00. The molecule has 0 saturated heterocycles. The van der Waals surface area contributed by atoms with Gasteiger partial charge in [-0.15, -0.1) is 0 Å². The topological polar surface area (TPSA) is 21.3 Å². The lowest BCUT2D eigenvalue weighted by atomic mass is 9.98. The summed E-state index contributed by atoms with van der Waals surface area (Å²) in [7, 11) is 3.25. The molecular formula is C16H16BrF2NO. The van der Waals surface area contributed by atoms with Crippen LogP contribution in [0.3, 0.4) is 0 Å². The summed E-state index contributed by atoms with van der Waals surface area (Å²) in [4.78, 5) is 0. The summed E-state index contributed by atoms with van der Waals surface area (Å²) in [5.41, 5.74) is 1.30. The van der Waals surface area contributed by atoms with E-state index in [4.69, 9.17) is 4.74 Å². The maximum absolute atomic E-state index is 14.2. The molecule has 112 valence electrons. The minimum atomic E-state index is -0.346. The van der Waals surface area contributed by atoms with Crippen LogP contribution in [0.15, 0.2) is 40.9 Å². The SMILES string of the molecule is CNC(Cc1cc(F)ccc1Br)c1ccc(OC)cc1F. The van der Waals surface area contributed by atoms with Crippen molar-refractivity contribution in [3.63, 3.8) is 0 Å². The van der Waals surface area contributed by atoms with E-state index < -0.39 is 0 Å². The van der Waals surface area contributed by atoms with Gasteiger partial charge in [0.25, 0.3) is 0 Å². The van der Waals surface area contributed by atoms with Crippen LogP contribution in [0.5, 0.6) is 5.75 Å². The number of ether oxygens (including phenoxy) is 1. The van der Waals surface area contributed by atoms with Gasteiger partial charge in [0.05, 0.1) is 7.11 Å². The van der Waals surface area contributed by atoms with Crippen molar-refractivity contribution < 1.29 is 13.5 Å². The van der Waals surface area contributed by atoms with E-state index in [9.17, 15) is 8.78 Å². The van der Waals surface area contributed by atoms with Crippen molar-refractivity contribution in [3.8, 4) is 5.75 Å². The fraction of sp³-hybridized carbons (Fsp3) is 0.250. The van der Waals surface area contributed by atoms with E-state index in [-0.39, 0.29) is 17.7 Å². The Labute approximate surface area is 131 Å². The molecule has 2 rings (SSSR count). The number of methoxy groups -OCH3 is 1. The Bertz CT molecular complexity index is 634. The average Bonchev–Trinajstić information content (AvgIpc) is 2.48. The van der Waals surface area contributed by atoms with Gasteiger partial charge in [-0.2, -0.15) is 0 Å². The summed E-state index contributed by atoms with van der Waals surface area (Å²) in [5, 5.41) is 3.07. The highest BCUT2D eigenvalue weighted by Gasteiger charge is 2.17. The number of halogens is 3. The quantitative estimate of drug-likeness (QED) is 0.865. The zero-order valence-electron chi connectivity index (χ0n) is 11.8. The molecule has 5 heteroatoms. The number of rotatable bonds is 5. The summed E-state index contributed by atoms with van der Waals surface area (Å²) < 4.78 is 33.3. The highest BCUT2D eigenvalue weighted by molar-refractivity contribution is 9.10. The summed E-state index contributed by atoms with van der Waals surface area (Å²) in [6.45, 7) is 0. The molecule has 1 N–H and O–H groups in total. The normalized spacial score (nSPS) is 12.2. The first-order valence-corrected chi connectivity index (χ1v) is 7.29. The summed E-state index contributed by atoms with van der Waals surface area (Å²) in [5.74, 6) is -0.183. The van der Waals surface area contributed by atoms with Gasteiger partial charge >= 0.3 is 0 Å². The van der Waals surface area contributed by atoms with Crippen molar-refractivity contribution >= 4 is 15.9 Å². The van der Waals surface area contributed by atoms with Crippen LogP contribution in [0.25, 0.3) is 0 Å². The Morgan fingerprint density at radius 3 is 2.57 bits per heavy atom. The van der Waals surface area contributed by atoms with Crippen LogP contribution in [0.2, 0.25) is 0 Å². The molecule has 0 aromatic heterocycles. The Kier molecular flexibility index (Phi) is 5.31. The van der Waals surface area contributed by atoms with E-state index in [2.05, 4.69) is 21.2 Å². The first-order valence-electron chi connectivity index (χ1n) is 6.49. The van der Waals surface area contributed by atoms with Crippen molar-refractivity contribution in [3.05, 3.63) is 63.6 Å². The third-order valence-electron chi connectivity index (χ3n) is 3.36. The van der Waals surface area contributed by atoms with Crippen LogP contribution in [-0.4, -0.2) is 14.2 Å². The molecule has 1 atom stereocenters. The van der Waals surface area contributed by atoms with Crippen molar-refractivity contribution in [1.29, 1.82) is 0 Å². The van der Waals surface area contributed by atoms with Gasteiger partial charge in [0.1, 0.15) is 17.4 Å². The highest BCUT2D eigenvalue weighted by Crippen LogP contribution is 2.27. The molecule has 0 aliphatic rings. The Hall–Kier alpha value is -1.46. The van der Waals surface area contributed by atoms with E-state index in [1.807, 2.05) is 0 Å². The molecule has 0 aliphatic carbocycles. The monoisotopic (exact) mass is 355 g/mol. The molecule has 21 heavy (non-hydrogen) atoms. The van der Waals surface area contributed by atoms with Gasteiger partial charge in [0.15, 0.2) is 0 Å². The lowest BCUT2D eigenvalue weighted by Gasteiger charge is -2.19. The Balaban J connectivity index is 2.29. The lowest BCUT2D eigenvalue weighted by molar-refractivity contribution is 0.409. The standard InChI is InChI=1S/C16H16BrF2NO/c1-20-16(8-10-7-11(18)3-6-14(10)17)13-5-4-12(21-2)9-15(13)19/h3-7,9,16,20H,8H2,1-2H3. The molecule has 0 saturated carbocycles. The molecule has 0 spiro atoms. The van der Waals surface area contributed by atoms with E-state index in [0.29, 0.717) is 17.7 Å². The Morgan fingerprint density at radius 2 is 1.95 bits per heavy atom. The zero-order valence-corrected chi connectivity index (χ0v) is 13.4. The average molecular weight is 356 g/mol. The van der Waals surface area contributed by atoms with Crippen molar-refractivity contribution in [2.75, 3.05) is 14.2 Å². The van der Waals surface area contributed by atoms with E-state index in [1.165, 1.54) is 25.3 Å². The van der Waals surface area contributed by atoms with Gasteiger partial charge in [-0.05, 0) is 43.3 Å². The van der Waals surface area contributed by atoms with E-state index in [1.54, 1.807) is 25.2 Å². The molecule has 0 radical (unpaired) electrons. The molecule has 0 aliphatic heterocycles. The van der Waals surface area contributed by atoms with Gasteiger partial charge in [-0.25, -0.2) is 8.78 Å². The number of hydrogen-bond acceptors (Lipinski definition) is 2. The summed E-state index contributed by atoms with van der Waals surface area (Å²) in [6, 6.07) is 8.98. The molecule has 2 aromatic carbocycles. The van der Waals surface area contributed by atoms with Gasteiger partial charge in [0.2, 0.25) is 0 Å². The predicted octanol–water partition coefficient (Wildman–Crippen LogP) is 4.24. The number of nitrogens with one attached hydrogen (secondary N) is 1. The summed E-state index contributed by atoms with van der Waals surface area (Å²) in [6.07, 6.45) is 0.470. The lowest BCUT2D eigenvalue weighted by Crippen LogP contribution is -2.20. The van der Waals surface area contributed by atoms with Crippen LogP contribution < -0.4 is 10.1 Å². The molecule has 0 bridgehead atoms. The van der Waals surface area contributed by atoms with Crippen LogP contribution in [0, 0.1) is 11.6 Å². The maximum Gasteiger partial charge on any atom is 0.131 e. The zero-order chi connectivity index (χ0) is 15.4. The van der Waals surface area contributed by atoms with Crippen LogP contribution in [0.4, 0.5) is 8.78 Å². The first-order chi connectivity index (χ1) is 10.0.